The lowest BCUT2D eigenvalue weighted by Crippen LogP contribution is -2.28. The molecule has 0 saturated carbocycles. The third kappa shape index (κ3) is 4.42. The molecule has 2 aliphatic carbocycles. The Balaban J connectivity index is 0.000000356. The number of aromatic hydroxyl groups is 2. The van der Waals surface area contributed by atoms with E-state index in [4.69, 9.17) is 19.7 Å². The molecule has 0 aromatic heterocycles. The molecule has 0 bridgehead atoms. The zero-order chi connectivity index (χ0) is 25.3. The number of rotatable bonds is 3. The van der Waals surface area contributed by atoms with Gasteiger partial charge in [-0.2, -0.15) is 0 Å². The predicted molar refractivity (Wildman–Crippen MR) is 123 cm³/mol. The Hall–Kier alpha value is -3.27. The smallest absolute Gasteiger partial charge is 0.202 e. The zero-order valence-corrected chi connectivity index (χ0v) is 19.4. The maximum absolute atomic E-state index is 13.1. The van der Waals surface area contributed by atoms with Crippen LogP contribution in [0.2, 0.25) is 0 Å². The van der Waals surface area contributed by atoms with E-state index in [0.29, 0.717) is 12.0 Å². The molecule has 0 amide bonds. The number of phenolic OH excluding ortho intramolecular Hbond substituents is 2. The van der Waals surface area contributed by atoms with Gasteiger partial charge < -0.3 is 29.9 Å². The Bertz CT molecular complexity index is 1180. The second kappa shape index (κ2) is 10.2. The van der Waals surface area contributed by atoms with Crippen LogP contribution in [0.1, 0.15) is 68.7 Å². The highest BCUT2D eigenvalue weighted by molar-refractivity contribution is 6.31. The number of ketones is 3. The molecule has 0 radical (unpaired) electrons. The second-order valence-electron chi connectivity index (χ2n) is 8.83. The molecule has 3 aliphatic rings. The van der Waals surface area contributed by atoms with Crippen LogP contribution < -0.4 is 4.74 Å². The van der Waals surface area contributed by atoms with Crippen LogP contribution >= 0.6 is 0 Å². The van der Waals surface area contributed by atoms with Crippen molar-refractivity contribution < 1.29 is 44.3 Å². The predicted octanol–water partition coefficient (Wildman–Crippen LogP) is 2.05. The van der Waals surface area contributed by atoms with Gasteiger partial charge in [-0.05, 0) is 44.6 Å². The number of hydrogen-bond acceptors (Lipinski definition) is 9. The summed E-state index contributed by atoms with van der Waals surface area (Å²) in [7, 11) is 1.38. The van der Waals surface area contributed by atoms with Crippen LogP contribution in [0.25, 0.3) is 0 Å². The minimum absolute atomic E-state index is 0.0568. The van der Waals surface area contributed by atoms with Crippen LogP contribution in [0.3, 0.4) is 0 Å². The van der Waals surface area contributed by atoms with E-state index in [1.165, 1.54) is 13.2 Å². The normalized spacial score (nSPS) is 20.7. The van der Waals surface area contributed by atoms with Gasteiger partial charge in [0.25, 0.3) is 0 Å². The average molecular weight is 485 g/mol. The van der Waals surface area contributed by atoms with Gasteiger partial charge in [-0.1, -0.05) is 12.1 Å². The van der Waals surface area contributed by atoms with Crippen molar-refractivity contribution >= 4 is 17.3 Å². The van der Waals surface area contributed by atoms with Gasteiger partial charge in [0, 0.05) is 29.2 Å². The zero-order valence-electron chi connectivity index (χ0n) is 19.4. The fourth-order valence-corrected chi connectivity index (χ4v) is 4.93. The fraction of sp³-hybridized carbons (Fsp3) is 0.423. The number of benzene rings is 2. The lowest BCUT2D eigenvalue weighted by Gasteiger charge is -2.29. The van der Waals surface area contributed by atoms with Crippen molar-refractivity contribution in [3.05, 3.63) is 51.6 Å². The summed E-state index contributed by atoms with van der Waals surface area (Å²) in [6.45, 7) is 0.128. The number of aliphatic hydroxyl groups is 2. The van der Waals surface area contributed by atoms with Crippen molar-refractivity contribution in [2.24, 2.45) is 5.92 Å². The molecule has 2 aromatic rings. The van der Waals surface area contributed by atoms with E-state index < -0.39 is 30.4 Å². The molecule has 1 heterocycles. The van der Waals surface area contributed by atoms with E-state index in [1.807, 2.05) is 0 Å². The number of hydrogen-bond donors (Lipinski definition) is 4. The average Bonchev–Trinajstić information content (AvgIpc) is 2.88. The van der Waals surface area contributed by atoms with Gasteiger partial charge in [-0.15, -0.1) is 0 Å². The van der Waals surface area contributed by atoms with Crippen molar-refractivity contribution in [2.75, 3.05) is 20.3 Å². The van der Waals surface area contributed by atoms with Gasteiger partial charge in [0.1, 0.15) is 23.9 Å². The highest BCUT2D eigenvalue weighted by atomic mass is 16.6. The molecule has 2 aromatic carbocycles. The summed E-state index contributed by atoms with van der Waals surface area (Å²) in [5.74, 6) is -2.56. The molecule has 1 unspecified atom stereocenters. The summed E-state index contributed by atoms with van der Waals surface area (Å²) in [5, 5.41) is 39.4. The number of methoxy groups -OCH3 is 1. The molecule has 4 N–H and O–H groups in total. The number of fused-ring (bicyclic) bond motifs is 3. The standard InChI is InChI=1S/C21H18O7.C5H10O2/c1-28-14-4-2-3-11-15(14)21(27)17-16(19(11)25)20(26)12-7-9(13(23)8-22)5-6-10(12)18(17)24;6-5-3-1-2-4-7-5/h2-4,9,22,24,26H,5-8H2,1H3;5-6H,1-4H2/t9-;/m1./s1. The lowest BCUT2D eigenvalue weighted by atomic mass is 9.75. The van der Waals surface area contributed by atoms with Gasteiger partial charge >= 0.3 is 0 Å². The molecule has 2 atom stereocenters. The van der Waals surface area contributed by atoms with Crippen LogP contribution in [0, 0.1) is 5.92 Å². The van der Waals surface area contributed by atoms with Crippen molar-refractivity contribution in [3.8, 4) is 17.2 Å². The number of ether oxygens (including phenoxy) is 2. The summed E-state index contributed by atoms with van der Waals surface area (Å²) in [6.07, 6.45) is 3.29. The molecular weight excluding hydrogens is 456 g/mol. The topological polar surface area (TPSA) is 151 Å². The number of carbonyl (C=O) groups is 3. The van der Waals surface area contributed by atoms with Gasteiger partial charge in [0.2, 0.25) is 5.78 Å². The van der Waals surface area contributed by atoms with E-state index in [-0.39, 0.29) is 63.7 Å². The number of phenols is 2. The summed E-state index contributed by atoms with van der Waals surface area (Å²) in [6, 6.07) is 4.59. The molecule has 5 rings (SSSR count). The Morgan fingerprint density at radius 3 is 2.34 bits per heavy atom. The van der Waals surface area contributed by atoms with Crippen LogP contribution in [0.5, 0.6) is 17.2 Å². The minimum atomic E-state index is -0.609. The molecule has 0 spiro atoms. The van der Waals surface area contributed by atoms with E-state index in [0.717, 1.165) is 25.9 Å². The third-order valence-corrected chi connectivity index (χ3v) is 6.79. The first-order valence-corrected chi connectivity index (χ1v) is 11.6. The number of aliphatic hydroxyl groups excluding tert-OH is 2. The largest absolute Gasteiger partial charge is 0.507 e. The Labute approximate surface area is 201 Å². The first kappa shape index (κ1) is 24.8. The Morgan fingerprint density at radius 1 is 1.03 bits per heavy atom. The minimum Gasteiger partial charge on any atom is -0.507 e. The van der Waals surface area contributed by atoms with E-state index in [9.17, 15) is 24.6 Å². The van der Waals surface area contributed by atoms with Crippen LogP contribution in [-0.2, 0) is 22.4 Å². The molecule has 1 fully saturated rings. The van der Waals surface area contributed by atoms with Gasteiger partial charge in [-0.3, -0.25) is 14.4 Å². The van der Waals surface area contributed by atoms with Crippen LogP contribution in [0.4, 0.5) is 0 Å². The highest BCUT2D eigenvalue weighted by Crippen LogP contribution is 2.47. The van der Waals surface area contributed by atoms with Gasteiger partial charge in [0.15, 0.2) is 17.9 Å². The summed E-state index contributed by atoms with van der Waals surface area (Å²) in [4.78, 5) is 38.1. The first-order chi connectivity index (χ1) is 16.8. The maximum atomic E-state index is 13.1. The number of Topliss-reactive ketones (excluding diaryl/α,β-unsaturated/α-hetero) is 1. The summed E-state index contributed by atoms with van der Waals surface area (Å²) in [5.41, 5.74) is 0.301. The molecule has 9 nitrogen and oxygen atoms in total. The number of carbonyl (C=O) groups excluding carboxylic acids is 3. The van der Waals surface area contributed by atoms with Crippen LogP contribution in [0.15, 0.2) is 18.2 Å². The van der Waals surface area contributed by atoms with Gasteiger partial charge in [0.05, 0.1) is 23.8 Å². The summed E-state index contributed by atoms with van der Waals surface area (Å²) >= 11 is 0. The lowest BCUT2D eigenvalue weighted by molar-refractivity contribution is -0.126. The fourth-order valence-electron chi connectivity index (χ4n) is 4.93. The van der Waals surface area contributed by atoms with E-state index in [2.05, 4.69) is 0 Å². The molecule has 186 valence electrons. The Morgan fingerprint density at radius 2 is 1.74 bits per heavy atom. The highest BCUT2D eigenvalue weighted by Gasteiger charge is 2.40. The van der Waals surface area contributed by atoms with Gasteiger partial charge in [-0.25, -0.2) is 0 Å². The summed E-state index contributed by atoms with van der Waals surface area (Å²) < 4.78 is 10.0. The van der Waals surface area contributed by atoms with E-state index >= 15 is 0 Å². The maximum Gasteiger partial charge on any atom is 0.202 e. The van der Waals surface area contributed by atoms with E-state index in [1.54, 1.807) is 12.1 Å². The quantitative estimate of drug-likeness (QED) is 0.410. The molecule has 35 heavy (non-hydrogen) atoms. The van der Waals surface area contributed by atoms with Crippen molar-refractivity contribution in [2.45, 2.75) is 44.8 Å². The molecule has 1 aliphatic heterocycles. The molecular formula is C26H28O9. The Kier molecular flexibility index (Phi) is 7.20. The van der Waals surface area contributed by atoms with Crippen LogP contribution in [-0.4, -0.2) is 64.4 Å². The molecule has 1 saturated heterocycles. The van der Waals surface area contributed by atoms with Crippen molar-refractivity contribution in [1.82, 2.24) is 0 Å². The monoisotopic (exact) mass is 484 g/mol. The third-order valence-electron chi connectivity index (χ3n) is 6.79. The van der Waals surface area contributed by atoms with Crippen molar-refractivity contribution in [3.63, 3.8) is 0 Å². The molecule has 9 heteroatoms. The van der Waals surface area contributed by atoms with Crippen molar-refractivity contribution in [1.29, 1.82) is 0 Å². The first-order valence-electron chi connectivity index (χ1n) is 11.6. The second-order valence-corrected chi connectivity index (χ2v) is 8.83. The SMILES string of the molecule is COc1cccc2c1C(=O)c1c(O)c3c(c(O)c1C2=O)C[C@H](C(=O)CO)CC3.OC1CCCCO1.